The van der Waals surface area contributed by atoms with Gasteiger partial charge in [0.1, 0.15) is 18.2 Å². The van der Waals surface area contributed by atoms with Crippen molar-refractivity contribution in [2.45, 2.75) is 51.0 Å². The number of aromatic nitrogens is 1. The molecule has 0 bridgehead atoms. The van der Waals surface area contributed by atoms with E-state index in [-0.39, 0.29) is 11.5 Å². The maximum absolute atomic E-state index is 13.4. The highest BCUT2D eigenvalue weighted by Gasteiger charge is 2.29. The van der Waals surface area contributed by atoms with E-state index in [9.17, 15) is 14.7 Å². The van der Waals surface area contributed by atoms with Gasteiger partial charge in [-0.1, -0.05) is 37.5 Å². The van der Waals surface area contributed by atoms with Crippen LogP contribution in [0.15, 0.2) is 65.7 Å². The summed E-state index contributed by atoms with van der Waals surface area (Å²) in [7, 11) is 0. The molecule has 7 nitrogen and oxygen atoms in total. The lowest BCUT2D eigenvalue weighted by Crippen LogP contribution is -2.30. The molecule has 0 atom stereocenters. The van der Waals surface area contributed by atoms with Crippen molar-refractivity contribution in [2.75, 3.05) is 6.61 Å². The molecular formula is C32H29N3O4. The average molecular weight is 520 g/mol. The van der Waals surface area contributed by atoms with E-state index in [0.29, 0.717) is 42.6 Å². The van der Waals surface area contributed by atoms with Crippen LogP contribution in [0.5, 0.6) is 5.75 Å². The van der Waals surface area contributed by atoms with E-state index in [1.807, 2.05) is 24.3 Å². The minimum Gasteiger partial charge on any atom is -0.491 e. The molecule has 0 spiro atoms. The number of carbonyl (C=O) groups is 2. The van der Waals surface area contributed by atoms with Crippen molar-refractivity contribution in [1.29, 1.82) is 0 Å². The smallest absolute Gasteiger partial charge is 0.335 e. The van der Waals surface area contributed by atoms with Crippen LogP contribution in [0.25, 0.3) is 22.2 Å². The van der Waals surface area contributed by atoms with Crippen LogP contribution < -0.4 is 10.1 Å². The molecule has 1 aliphatic carbocycles. The van der Waals surface area contributed by atoms with Crippen molar-refractivity contribution in [3.05, 3.63) is 82.9 Å². The van der Waals surface area contributed by atoms with Crippen molar-refractivity contribution in [2.24, 2.45) is 4.99 Å². The molecule has 0 unspecified atom stereocenters. The second-order valence-electron chi connectivity index (χ2n) is 10.7. The number of carboxylic acid groups (broad SMARTS) is 1. The zero-order valence-electron chi connectivity index (χ0n) is 21.6. The molecule has 1 saturated carbocycles. The van der Waals surface area contributed by atoms with E-state index in [4.69, 9.17) is 4.74 Å². The average Bonchev–Trinajstić information content (AvgIpc) is 3.44. The van der Waals surface area contributed by atoms with Crippen molar-refractivity contribution >= 4 is 34.3 Å². The first-order valence-electron chi connectivity index (χ1n) is 13.7. The zero-order chi connectivity index (χ0) is 26.5. The molecule has 1 fully saturated rings. The number of benzene rings is 3. The lowest BCUT2D eigenvalue weighted by molar-refractivity contribution is 0.0696. The monoisotopic (exact) mass is 519 g/mol. The Balaban J connectivity index is 1.26. The summed E-state index contributed by atoms with van der Waals surface area (Å²) in [5, 5.41) is 13.5. The van der Waals surface area contributed by atoms with Crippen LogP contribution in [0, 0.1) is 0 Å². The van der Waals surface area contributed by atoms with E-state index in [2.05, 4.69) is 33.1 Å². The highest BCUT2D eigenvalue weighted by Crippen LogP contribution is 2.47. The Morgan fingerprint density at radius 3 is 2.64 bits per heavy atom. The molecule has 2 aliphatic heterocycles. The number of aromatic carboxylic acids is 1. The van der Waals surface area contributed by atoms with Gasteiger partial charge in [0, 0.05) is 28.5 Å². The lowest BCUT2D eigenvalue weighted by Gasteiger charge is -2.23. The summed E-state index contributed by atoms with van der Waals surface area (Å²) in [6.07, 6.45) is 6.54. The molecule has 0 saturated heterocycles. The van der Waals surface area contributed by atoms with Gasteiger partial charge in [-0.25, -0.2) is 9.79 Å². The molecule has 3 aromatic carbocycles. The van der Waals surface area contributed by atoms with Crippen LogP contribution in [-0.4, -0.2) is 34.0 Å². The van der Waals surface area contributed by atoms with Gasteiger partial charge in [-0.2, -0.15) is 0 Å². The third-order valence-corrected chi connectivity index (χ3v) is 8.29. The summed E-state index contributed by atoms with van der Waals surface area (Å²) < 4.78 is 8.49. The summed E-state index contributed by atoms with van der Waals surface area (Å²) in [6, 6.07) is 19.2. The summed E-state index contributed by atoms with van der Waals surface area (Å²) >= 11 is 0. The molecule has 3 heterocycles. The van der Waals surface area contributed by atoms with Gasteiger partial charge in [-0.15, -0.1) is 0 Å². The second-order valence-corrected chi connectivity index (χ2v) is 10.7. The normalized spacial score (nSPS) is 16.5. The number of nitrogens with zero attached hydrogens (tertiary/aromatic N) is 2. The fourth-order valence-electron chi connectivity index (χ4n) is 6.49. The van der Waals surface area contributed by atoms with E-state index in [0.717, 1.165) is 22.4 Å². The number of fused-ring (bicyclic) bond motifs is 6. The highest BCUT2D eigenvalue weighted by atomic mass is 16.5. The van der Waals surface area contributed by atoms with Crippen LogP contribution >= 0.6 is 0 Å². The van der Waals surface area contributed by atoms with E-state index >= 15 is 0 Å². The van der Waals surface area contributed by atoms with E-state index < -0.39 is 5.97 Å². The minimum absolute atomic E-state index is 0.218. The predicted molar refractivity (Wildman–Crippen MR) is 150 cm³/mol. The summed E-state index contributed by atoms with van der Waals surface area (Å²) in [6.45, 7) is 1.29. The first-order chi connectivity index (χ1) is 19.1. The minimum atomic E-state index is -0.976. The van der Waals surface area contributed by atoms with Gasteiger partial charge >= 0.3 is 5.97 Å². The molecule has 39 heavy (non-hydrogen) atoms. The number of ether oxygens (including phenoxy) is 1. The second kappa shape index (κ2) is 9.42. The van der Waals surface area contributed by atoms with Crippen molar-refractivity contribution in [3.63, 3.8) is 0 Å². The topological polar surface area (TPSA) is 92.9 Å². The Morgan fingerprint density at radius 1 is 0.974 bits per heavy atom. The Kier molecular flexibility index (Phi) is 5.72. The van der Waals surface area contributed by atoms with Crippen LogP contribution in [0.1, 0.15) is 69.9 Å². The Bertz CT molecular complexity index is 1680. The van der Waals surface area contributed by atoms with Gasteiger partial charge in [0.15, 0.2) is 0 Å². The summed E-state index contributed by atoms with van der Waals surface area (Å²) in [5.41, 5.74) is 7.08. The molecule has 0 radical (unpaired) electrons. The maximum atomic E-state index is 13.4. The summed E-state index contributed by atoms with van der Waals surface area (Å²) in [5.74, 6) is 0.735. The van der Waals surface area contributed by atoms with Crippen LogP contribution in [0.3, 0.4) is 0 Å². The Labute approximate surface area is 226 Å². The fraction of sp³-hybridized carbons (Fsp3) is 0.281. The van der Waals surface area contributed by atoms with Gasteiger partial charge in [-0.3, -0.25) is 4.79 Å². The van der Waals surface area contributed by atoms with Crippen LogP contribution in [-0.2, 0) is 13.0 Å². The van der Waals surface area contributed by atoms with E-state index in [1.165, 1.54) is 54.8 Å². The first kappa shape index (κ1) is 23.7. The molecule has 1 aromatic heterocycles. The van der Waals surface area contributed by atoms with Crippen molar-refractivity contribution in [1.82, 2.24) is 9.88 Å². The summed E-state index contributed by atoms with van der Waals surface area (Å²) in [4.78, 5) is 29.2. The number of carboxylic acids is 1. The molecule has 1 amide bonds. The SMILES string of the molecule is O=C(O)c1ccc2c(c1)CC(NC(=O)c1ccc3c(C4CCCCC4)c4n(c3c1)CCOc1ccccc1-4)=N2. The Hall–Kier alpha value is -4.39. The van der Waals surface area contributed by atoms with Gasteiger partial charge < -0.3 is 19.7 Å². The molecule has 7 rings (SSSR count). The number of hydrogen-bond donors (Lipinski definition) is 2. The molecule has 7 heteroatoms. The maximum Gasteiger partial charge on any atom is 0.335 e. The van der Waals surface area contributed by atoms with Gasteiger partial charge in [0.25, 0.3) is 5.91 Å². The number of hydrogen-bond acceptors (Lipinski definition) is 4. The number of carbonyl (C=O) groups excluding carboxylic acids is 1. The largest absolute Gasteiger partial charge is 0.491 e. The first-order valence-corrected chi connectivity index (χ1v) is 13.7. The molecule has 2 N–H and O–H groups in total. The fourth-order valence-corrected chi connectivity index (χ4v) is 6.49. The number of nitrogens with one attached hydrogen (secondary N) is 1. The number of amides is 1. The number of aliphatic imine (C=N–C) groups is 1. The van der Waals surface area contributed by atoms with Gasteiger partial charge in [0.2, 0.25) is 0 Å². The van der Waals surface area contributed by atoms with E-state index in [1.54, 1.807) is 12.1 Å². The molecular weight excluding hydrogens is 490 g/mol. The van der Waals surface area contributed by atoms with Crippen molar-refractivity contribution < 1.29 is 19.4 Å². The third kappa shape index (κ3) is 4.09. The molecule has 4 aromatic rings. The predicted octanol–water partition coefficient (Wildman–Crippen LogP) is 6.46. The number of amidine groups is 1. The lowest BCUT2D eigenvalue weighted by atomic mass is 9.81. The zero-order valence-corrected chi connectivity index (χ0v) is 21.6. The van der Waals surface area contributed by atoms with Crippen LogP contribution in [0.2, 0.25) is 0 Å². The third-order valence-electron chi connectivity index (χ3n) is 8.29. The van der Waals surface area contributed by atoms with Gasteiger partial charge in [0.05, 0.1) is 23.5 Å². The number of rotatable bonds is 3. The Morgan fingerprint density at radius 2 is 1.79 bits per heavy atom. The quantitative estimate of drug-likeness (QED) is 0.325. The molecule has 196 valence electrons. The standard InChI is InChI=1S/C32H29N3O4/c36-31(34-28-18-22-16-21(32(37)38)11-13-25(22)33-28)20-10-12-23-26(17-20)35-14-15-39-27-9-5-4-8-24(27)30(35)29(23)19-6-2-1-3-7-19/h4-5,8-13,16-17,19H,1-3,6-7,14-15,18H2,(H,37,38)(H,33,34,36). The van der Waals surface area contributed by atoms with Crippen molar-refractivity contribution in [3.8, 4) is 17.0 Å². The highest BCUT2D eigenvalue weighted by molar-refractivity contribution is 6.10. The molecule has 3 aliphatic rings. The number of para-hydroxylation sites is 1. The van der Waals surface area contributed by atoms with Gasteiger partial charge in [-0.05, 0) is 72.4 Å². The van der Waals surface area contributed by atoms with Crippen LogP contribution in [0.4, 0.5) is 5.69 Å².